The van der Waals surface area contributed by atoms with Gasteiger partial charge in [-0.15, -0.1) is 23.2 Å². The smallest absolute Gasteiger partial charge is 0.334 e. The Kier molecular flexibility index (Phi) is 7.94. The summed E-state index contributed by atoms with van der Waals surface area (Å²) in [6.45, 7) is -0.374. The molecule has 2 aliphatic rings. The van der Waals surface area contributed by atoms with Gasteiger partial charge in [0.15, 0.2) is 5.78 Å². The molecule has 1 heterocycles. The zero-order valence-corrected chi connectivity index (χ0v) is 22.8. The van der Waals surface area contributed by atoms with Gasteiger partial charge in [0.2, 0.25) is 5.91 Å². The number of amides is 2. The van der Waals surface area contributed by atoms with E-state index in [0.29, 0.717) is 10.5 Å². The van der Waals surface area contributed by atoms with Crippen LogP contribution in [0.25, 0.3) is 0 Å². The minimum Gasteiger partial charge on any atom is -0.334 e. The normalized spacial score (nSPS) is 20.8. The summed E-state index contributed by atoms with van der Waals surface area (Å²) < 4.78 is 36.1. The predicted molar refractivity (Wildman–Crippen MR) is 137 cm³/mol. The third kappa shape index (κ3) is 5.80. The van der Waals surface area contributed by atoms with E-state index in [9.17, 15) is 27.6 Å². The number of alkyl halides is 5. The highest BCUT2D eigenvalue weighted by Gasteiger charge is 2.67. The molecule has 37 heavy (non-hydrogen) atoms. The molecule has 4 rings (SSSR count). The van der Waals surface area contributed by atoms with Crippen LogP contribution in [0.4, 0.5) is 18.9 Å². The number of halogens is 9. The van der Waals surface area contributed by atoms with Crippen LogP contribution in [0.2, 0.25) is 20.1 Å². The molecule has 2 atom stereocenters. The topological polar surface area (TPSA) is 66.5 Å². The Labute approximate surface area is 239 Å². The van der Waals surface area contributed by atoms with Crippen LogP contribution in [0, 0.1) is 11.8 Å². The van der Waals surface area contributed by atoms with E-state index in [0.717, 1.165) is 0 Å². The number of nitrogens with one attached hydrogen (secondary N) is 1. The van der Waals surface area contributed by atoms with Crippen molar-refractivity contribution in [3.05, 3.63) is 61.5 Å². The molecule has 1 aliphatic carbocycles. The van der Waals surface area contributed by atoms with Gasteiger partial charge in [-0.05, 0) is 35.9 Å². The van der Waals surface area contributed by atoms with Crippen molar-refractivity contribution in [1.82, 2.24) is 4.90 Å². The Bertz CT molecular complexity index is 1270. The molecule has 0 aromatic heterocycles. The third-order valence-corrected chi connectivity index (χ3v) is 8.66. The second-order valence-electron chi connectivity index (χ2n) is 8.81. The molecule has 2 aromatic carbocycles. The van der Waals surface area contributed by atoms with Gasteiger partial charge < -0.3 is 10.2 Å². The quantitative estimate of drug-likeness (QED) is 0.204. The number of benzene rings is 2. The van der Waals surface area contributed by atoms with Crippen molar-refractivity contribution in [1.29, 1.82) is 0 Å². The maximum absolute atomic E-state index is 13.0. The highest BCUT2D eigenvalue weighted by molar-refractivity contribution is 6.54. The number of likely N-dealkylation sites (tertiary alicyclic amines) is 1. The summed E-state index contributed by atoms with van der Waals surface area (Å²) in [6, 6.07) is 7.29. The summed E-state index contributed by atoms with van der Waals surface area (Å²) >= 11 is 37.0. The first-order chi connectivity index (χ1) is 17.1. The number of hydrogen-bond acceptors (Lipinski definition) is 3. The number of carbonyl (C=O) groups is 3. The maximum Gasteiger partial charge on any atom is 0.471 e. The van der Waals surface area contributed by atoms with Gasteiger partial charge in [-0.1, -0.05) is 46.4 Å². The Morgan fingerprint density at radius 3 is 2.14 bits per heavy atom. The lowest BCUT2D eigenvalue weighted by Gasteiger charge is -2.39. The number of Topliss-reactive ketones (excluding diaryl/α,β-unsaturated/α-hetero) is 1. The van der Waals surface area contributed by atoms with Gasteiger partial charge in [-0.2, -0.15) is 13.2 Å². The van der Waals surface area contributed by atoms with E-state index in [1.165, 1.54) is 30.3 Å². The van der Waals surface area contributed by atoms with E-state index >= 15 is 0 Å². The molecule has 2 amide bonds. The molecule has 198 valence electrons. The standard InChI is InChI=1S/C23H15Cl6F3N2O3/c24-13-2-1-11(6-12(13)16(35)3-9-7-34(8-9)21(37)23(30,31)32)33-20(36)18-17(22(18,28)29)10-4-14(25)19(27)15(26)5-10/h1-2,4-6,9,17-18H,3,7-8H2,(H,33,36). The number of anilines is 1. The molecular weight excluding hydrogens is 622 g/mol. The van der Waals surface area contributed by atoms with Crippen molar-refractivity contribution in [3.63, 3.8) is 0 Å². The van der Waals surface area contributed by atoms with Gasteiger partial charge in [0, 0.05) is 42.6 Å². The number of ketones is 1. The van der Waals surface area contributed by atoms with Crippen LogP contribution in [-0.4, -0.2) is 46.1 Å². The van der Waals surface area contributed by atoms with Gasteiger partial charge >= 0.3 is 12.1 Å². The molecule has 1 saturated heterocycles. The lowest BCUT2D eigenvalue weighted by atomic mass is 9.91. The van der Waals surface area contributed by atoms with Crippen molar-refractivity contribution in [2.45, 2.75) is 22.8 Å². The van der Waals surface area contributed by atoms with Gasteiger partial charge in [0.05, 0.1) is 26.0 Å². The summed E-state index contributed by atoms with van der Waals surface area (Å²) in [5.74, 6) is -4.84. The molecule has 5 nitrogen and oxygen atoms in total. The first kappa shape index (κ1) is 28.6. The second kappa shape index (κ2) is 10.3. The number of carbonyl (C=O) groups excluding carboxylic acids is 3. The first-order valence-corrected chi connectivity index (χ1v) is 12.9. The molecule has 2 unspecified atom stereocenters. The number of hydrogen-bond donors (Lipinski definition) is 1. The van der Waals surface area contributed by atoms with E-state index in [1.807, 2.05) is 0 Å². The number of nitrogens with zero attached hydrogens (tertiary/aromatic N) is 1. The Morgan fingerprint density at radius 1 is 0.973 bits per heavy atom. The monoisotopic (exact) mass is 634 g/mol. The van der Waals surface area contributed by atoms with Gasteiger partial charge in [0.1, 0.15) is 4.33 Å². The third-order valence-electron chi connectivity index (χ3n) is 6.20. The van der Waals surface area contributed by atoms with E-state index in [-0.39, 0.29) is 50.9 Å². The summed E-state index contributed by atoms with van der Waals surface area (Å²) in [5, 5.41) is 3.27. The second-order valence-corrected chi connectivity index (χ2v) is 11.9. The maximum atomic E-state index is 13.0. The van der Waals surface area contributed by atoms with Gasteiger partial charge in [-0.25, -0.2) is 0 Å². The lowest BCUT2D eigenvalue weighted by Crippen LogP contribution is -2.54. The molecule has 1 N–H and O–H groups in total. The molecule has 2 fully saturated rings. The zero-order chi connectivity index (χ0) is 27.4. The van der Waals surface area contributed by atoms with E-state index in [1.54, 1.807) is 0 Å². The van der Waals surface area contributed by atoms with Crippen molar-refractivity contribution in [3.8, 4) is 0 Å². The fourth-order valence-electron chi connectivity index (χ4n) is 4.28. The average Bonchev–Trinajstić information content (AvgIpc) is 3.36. The van der Waals surface area contributed by atoms with E-state index < -0.39 is 45.9 Å². The van der Waals surface area contributed by atoms with Gasteiger partial charge in [0.25, 0.3) is 0 Å². The van der Waals surface area contributed by atoms with E-state index in [4.69, 9.17) is 69.6 Å². The highest BCUT2D eigenvalue weighted by atomic mass is 35.5. The zero-order valence-electron chi connectivity index (χ0n) is 18.3. The van der Waals surface area contributed by atoms with Crippen LogP contribution in [0.5, 0.6) is 0 Å². The van der Waals surface area contributed by atoms with E-state index in [2.05, 4.69) is 5.32 Å². The highest BCUT2D eigenvalue weighted by Crippen LogP contribution is 2.65. The lowest BCUT2D eigenvalue weighted by molar-refractivity contribution is -0.191. The number of rotatable bonds is 6. The van der Waals surface area contributed by atoms with Crippen LogP contribution in [0.3, 0.4) is 0 Å². The first-order valence-electron chi connectivity index (χ1n) is 10.6. The van der Waals surface area contributed by atoms with Crippen molar-refractivity contribution < 1.29 is 27.6 Å². The van der Waals surface area contributed by atoms with Crippen molar-refractivity contribution in [2.75, 3.05) is 18.4 Å². The van der Waals surface area contributed by atoms with Crippen LogP contribution < -0.4 is 5.32 Å². The average molecular weight is 637 g/mol. The molecule has 0 bridgehead atoms. The Balaban J connectivity index is 1.41. The summed E-state index contributed by atoms with van der Waals surface area (Å²) in [5.41, 5.74) is 0.837. The fourth-order valence-corrected chi connectivity index (χ4v) is 5.94. The van der Waals surface area contributed by atoms with Crippen LogP contribution in [-0.2, 0) is 9.59 Å². The summed E-state index contributed by atoms with van der Waals surface area (Å²) in [6.07, 6.45) is -5.07. The minimum atomic E-state index is -4.96. The summed E-state index contributed by atoms with van der Waals surface area (Å²) in [4.78, 5) is 37.6. The Hall–Kier alpha value is -1.42. The molecule has 1 aliphatic heterocycles. The largest absolute Gasteiger partial charge is 0.471 e. The molecule has 1 saturated carbocycles. The molecular formula is C23H15Cl6F3N2O3. The van der Waals surface area contributed by atoms with Gasteiger partial charge in [-0.3, -0.25) is 14.4 Å². The SMILES string of the molecule is O=C(CC1CN(C(=O)C(F)(F)F)C1)c1cc(NC(=O)C2C(c3cc(Cl)c(Cl)c(Cl)c3)C2(Cl)Cl)ccc1Cl. The molecule has 14 heteroatoms. The predicted octanol–water partition coefficient (Wildman–Crippen LogP) is 7.42. The van der Waals surface area contributed by atoms with Crippen LogP contribution in [0.15, 0.2) is 30.3 Å². The molecule has 2 aromatic rings. The Morgan fingerprint density at radius 2 is 1.57 bits per heavy atom. The fraction of sp³-hybridized carbons (Fsp3) is 0.348. The van der Waals surface area contributed by atoms with Crippen molar-refractivity contribution >= 4 is 92.9 Å². The van der Waals surface area contributed by atoms with Crippen molar-refractivity contribution in [2.24, 2.45) is 11.8 Å². The summed E-state index contributed by atoms with van der Waals surface area (Å²) in [7, 11) is 0. The van der Waals surface area contributed by atoms with Crippen LogP contribution >= 0.6 is 69.6 Å². The van der Waals surface area contributed by atoms with Crippen LogP contribution in [0.1, 0.15) is 28.3 Å². The molecule has 0 spiro atoms. The molecule has 0 radical (unpaired) electrons. The minimum absolute atomic E-state index is 0.0756.